The van der Waals surface area contributed by atoms with E-state index in [0.29, 0.717) is 11.5 Å². The van der Waals surface area contributed by atoms with Gasteiger partial charge in [-0.1, -0.05) is 19.9 Å². The molecule has 3 nitrogen and oxygen atoms in total. The van der Waals surface area contributed by atoms with E-state index < -0.39 is 0 Å². The summed E-state index contributed by atoms with van der Waals surface area (Å²) >= 11 is 0. The van der Waals surface area contributed by atoms with E-state index in [2.05, 4.69) is 31.0 Å². The van der Waals surface area contributed by atoms with E-state index >= 15 is 0 Å². The second-order valence-corrected chi connectivity index (χ2v) is 4.69. The van der Waals surface area contributed by atoms with Crippen molar-refractivity contribution in [2.75, 3.05) is 7.11 Å². The summed E-state index contributed by atoms with van der Waals surface area (Å²) in [6.07, 6.45) is 3.34. The molecule has 0 aliphatic rings. The van der Waals surface area contributed by atoms with Crippen LogP contribution in [0.25, 0.3) is 11.1 Å². The first-order valence-electron chi connectivity index (χ1n) is 6.19. The van der Waals surface area contributed by atoms with Crippen molar-refractivity contribution in [2.45, 2.75) is 19.8 Å². The Morgan fingerprint density at radius 1 is 1.16 bits per heavy atom. The Balaban J connectivity index is 2.51. The Morgan fingerprint density at radius 3 is 2.58 bits per heavy atom. The Bertz CT molecular complexity index is 627. The average molecular weight is 252 g/mol. The highest BCUT2D eigenvalue weighted by atomic mass is 16.5. The van der Waals surface area contributed by atoms with Crippen molar-refractivity contribution < 1.29 is 4.74 Å². The first-order valence-corrected chi connectivity index (χ1v) is 6.19. The Hall–Kier alpha value is -2.34. The van der Waals surface area contributed by atoms with Crippen LogP contribution in [0.1, 0.15) is 30.9 Å². The molecule has 0 unspecified atom stereocenters. The lowest BCUT2D eigenvalue weighted by molar-refractivity contribution is 0.407. The fourth-order valence-corrected chi connectivity index (χ4v) is 2.02. The maximum atomic E-state index is 8.92. The molecule has 1 heterocycles. The van der Waals surface area contributed by atoms with Crippen LogP contribution < -0.4 is 4.74 Å². The maximum absolute atomic E-state index is 8.92. The van der Waals surface area contributed by atoms with Gasteiger partial charge in [-0.2, -0.15) is 5.26 Å². The number of pyridine rings is 1. The highest BCUT2D eigenvalue weighted by Gasteiger charge is 2.09. The van der Waals surface area contributed by atoms with Gasteiger partial charge >= 0.3 is 0 Å². The number of rotatable bonds is 3. The van der Waals surface area contributed by atoms with Crippen LogP contribution in [0.2, 0.25) is 0 Å². The number of benzene rings is 1. The van der Waals surface area contributed by atoms with Crippen molar-refractivity contribution >= 4 is 0 Å². The van der Waals surface area contributed by atoms with Crippen LogP contribution in [0.4, 0.5) is 0 Å². The molecule has 0 N–H and O–H groups in total. The third kappa shape index (κ3) is 2.74. The summed E-state index contributed by atoms with van der Waals surface area (Å²) in [6, 6.07) is 10.0. The molecule has 0 amide bonds. The van der Waals surface area contributed by atoms with Gasteiger partial charge in [-0.05, 0) is 35.2 Å². The molecule has 0 bridgehead atoms. The van der Waals surface area contributed by atoms with Gasteiger partial charge in [-0.25, -0.2) is 0 Å². The number of nitriles is 1. The van der Waals surface area contributed by atoms with Gasteiger partial charge in [0.05, 0.1) is 12.7 Å². The van der Waals surface area contributed by atoms with Crippen LogP contribution in [0.5, 0.6) is 5.75 Å². The summed E-state index contributed by atoms with van der Waals surface area (Å²) in [6.45, 7) is 4.26. The maximum Gasteiger partial charge on any atom is 0.122 e. The lowest BCUT2D eigenvalue weighted by Gasteiger charge is -2.13. The molecule has 1 aromatic heterocycles. The third-order valence-corrected chi connectivity index (χ3v) is 3.05. The van der Waals surface area contributed by atoms with Crippen LogP contribution in [0.15, 0.2) is 36.7 Å². The van der Waals surface area contributed by atoms with Crippen LogP contribution in [0, 0.1) is 11.3 Å². The molecular formula is C16H16N2O. The lowest BCUT2D eigenvalue weighted by atomic mass is 9.96. The predicted molar refractivity (Wildman–Crippen MR) is 75.0 cm³/mol. The Morgan fingerprint density at radius 2 is 1.95 bits per heavy atom. The van der Waals surface area contributed by atoms with E-state index in [-0.39, 0.29) is 0 Å². The quantitative estimate of drug-likeness (QED) is 0.835. The van der Waals surface area contributed by atoms with E-state index in [4.69, 9.17) is 10.00 Å². The van der Waals surface area contributed by atoms with Gasteiger partial charge in [-0.15, -0.1) is 0 Å². The normalized spacial score (nSPS) is 10.3. The molecule has 19 heavy (non-hydrogen) atoms. The molecule has 0 radical (unpaired) electrons. The molecule has 0 saturated carbocycles. The molecule has 0 aliphatic heterocycles. The van der Waals surface area contributed by atoms with Gasteiger partial charge in [0.15, 0.2) is 0 Å². The second kappa shape index (κ2) is 5.53. The summed E-state index contributed by atoms with van der Waals surface area (Å²) in [5, 5.41) is 8.92. The first kappa shape index (κ1) is 13.1. The van der Waals surface area contributed by atoms with E-state index in [1.165, 1.54) is 0 Å². The van der Waals surface area contributed by atoms with Crippen molar-refractivity contribution in [1.82, 2.24) is 4.98 Å². The lowest BCUT2D eigenvalue weighted by Crippen LogP contribution is -1.95. The van der Waals surface area contributed by atoms with Gasteiger partial charge < -0.3 is 4.74 Å². The van der Waals surface area contributed by atoms with Crippen LogP contribution >= 0.6 is 0 Å². The Kier molecular flexibility index (Phi) is 3.82. The minimum absolute atomic E-state index is 0.377. The van der Waals surface area contributed by atoms with Crippen molar-refractivity contribution in [2.24, 2.45) is 0 Å². The van der Waals surface area contributed by atoms with Crippen molar-refractivity contribution in [1.29, 1.82) is 5.26 Å². The summed E-state index contributed by atoms with van der Waals surface area (Å²) in [5.74, 6) is 1.27. The van der Waals surface area contributed by atoms with Crippen molar-refractivity contribution in [3.05, 3.63) is 47.8 Å². The molecule has 0 aliphatic carbocycles. The molecule has 3 heteroatoms. The number of aromatic nitrogens is 1. The van der Waals surface area contributed by atoms with Crippen LogP contribution in [0.3, 0.4) is 0 Å². The monoisotopic (exact) mass is 252 g/mol. The van der Waals surface area contributed by atoms with Gasteiger partial charge in [0.25, 0.3) is 0 Å². The minimum Gasteiger partial charge on any atom is -0.496 e. The highest BCUT2D eigenvalue weighted by Crippen LogP contribution is 2.31. The van der Waals surface area contributed by atoms with Crippen molar-refractivity contribution in [3.63, 3.8) is 0 Å². The van der Waals surface area contributed by atoms with E-state index in [1.54, 1.807) is 19.5 Å². The number of hydrogen-bond acceptors (Lipinski definition) is 3. The highest BCUT2D eigenvalue weighted by molar-refractivity contribution is 5.66. The number of hydrogen-bond donors (Lipinski definition) is 0. The van der Waals surface area contributed by atoms with Gasteiger partial charge in [-0.3, -0.25) is 4.98 Å². The zero-order valence-corrected chi connectivity index (χ0v) is 11.3. The molecule has 2 rings (SSSR count). The average Bonchev–Trinajstić information content (AvgIpc) is 2.46. The SMILES string of the molecule is COc1ccc(-c2cncc(C#N)c2)cc1C(C)C. The molecule has 96 valence electrons. The van der Waals surface area contributed by atoms with E-state index in [0.717, 1.165) is 22.4 Å². The third-order valence-electron chi connectivity index (χ3n) is 3.05. The molecule has 0 fully saturated rings. The van der Waals surface area contributed by atoms with Gasteiger partial charge in [0.2, 0.25) is 0 Å². The number of nitrogens with zero attached hydrogens (tertiary/aromatic N) is 2. The molecule has 0 saturated heterocycles. The van der Waals surface area contributed by atoms with Crippen molar-refractivity contribution in [3.8, 4) is 22.9 Å². The fraction of sp³-hybridized carbons (Fsp3) is 0.250. The smallest absolute Gasteiger partial charge is 0.122 e. The first-order chi connectivity index (χ1) is 9.15. The fourth-order valence-electron chi connectivity index (χ4n) is 2.02. The summed E-state index contributed by atoms with van der Waals surface area (Å²) in [7, 11) is 1.68. The Labute approximate surface area is 113 Å². The topological polar surface area (TPSA) is 45.9 Å². The second-order valence-electron chi connectivity index (χ2n) is 4.69. The molecule has 0 atom stereocenters. The number of ether oxygens (including phenoxy) is 1. The standard InChI is InChI=1S/C16H16N2O/c1-11(2)15-7-13(4-5-16(15)19-3)14-6-12(8-17)9-18-10-14/h4-7,9-11H,1-3H3. The zero-order chi connectivity index (χ0) is 13.8. The largest absolute Gasteiger partial charge is 0.496 e. The molecule has 0 spiro atoms. The zero-order valence-electron chi connectivity index (χ0n) is 11.3. The molecule has 1 aromatic carbocycles. The summed E-state index contributed by atoms with van der Waals surface area (Å²) in [5.41, 5.74) is 3.72. The van der Waals surface area contributed by atoms with E-state index in [1.807, 2.05) is 18.2 Å². The van der Waals surface area contributed by atoms with E-state index in [9.17, 15) is 0 Å². The van der Waals surface area contributed by atoms with Crippen LogP contribution in [-0.4, -0.2) is 12.1 Å². The minimum atomic E-state index is 0.377. The van der Waals surface area contributed by atoms with Crippen LogP contribution in [-0.2, 0) is 0 Å². The molecule has 2 aromatic rings. The predicted octanol–water partition coefficient (Wildman–Crippen LogP) is 3.75. The van der Waals surface area contributed by atoms with Gasteiger partial charge in [0.1, 0.15) is 11.8 Å². The number of methoxy groups -OCH3 is 1. The summed E-state index contributed by atoms with van der Waals surface area (Å²) in [4.78, 5) is 4.10. The molecular weight excluding hydrogens is 236 g/mol. The van der Waals surface area contributed by atoms with Gasteiger partial charge in [0, 0.05) is 18.0 Å². The summed E-state index contributed by atoms with van der Waals surface area (Å²) < 4.78 is 5.37.